The highest BCUT2D eigenvalue weighted by atomic mass is 16.7. The Bertz CT molecular complexity index is 2030. The number of cyclic esters (lactones) is 1. The van der Waals surface area contributed by atoms with Crippen LogP contribution < -0.4 is 0 Å². The van der Waals surface area contributed by atoms with Crippen LogP contribution in [0.1, 0.15) is 139 Å². The van der Waals surface area contributed by atoms with Gasteiger partial charge in [0.2, 0.25) is 0 Å². The molecule has 0 amide bonds. The first kappa shape index (κ1) is 77.0. The Kier molecular flexibility index (Phi) is 35.1. The van der Waals surface area contributed by atoms with Crippen LogP contribution in [0, 0.1) is 41.4 Å². The number of allylic oxidation sites excluding steroid dienone is 2. The van der Waals surface area contributed by atoms with Crippen LogP contribution in [0.5, 0.6) is 0 Å². The smallest absolute Gasteiger partial charge is 0.333 e. The molecule has 18 N–H and O–H groups in total. The predicted molar refractivity (Wildman–Crippen MR) is 309 cm³/mol. The molecule has 0 saturated carbocycles. The van der Waals surface area contributed by atoms with Gasteiger partial charge in [0.1, 0.15) is 36.6 Å². The van der Waals surface area contributed by atoms with Crippen molar-refractivity contribution in [2.45, 2.75) is 262 Å². The van der Waals surface area contributed by atoms with Crippen LogP contribution in [-0.4, -0.2) is 233 Å². The zero-order valence-corrected chi connectivity index (χ0v) is 50.5. The third-order valence-corrected chi connectivity index (χ3v) is 17.0. The van der Waals surface area contributed by atoms with Gasteiger partial charge in [-0.1, -0.05) is 97.1 Å². The van der Waals surface area contributed by atoms with Crippen molar-refractivity contribution in [2.75, 3.05) is 6.61 Å². The molecule has 2 heterocycles. The number of esters is 1. The molecule has 1 saturated heterocycles. The van der Waals surface area contributed by atoms with Gasteiger partial charge < -0.3 is 106 Å². The van der Waals surface area contributed by atoms with Crippen LogP contribution in [-0.2, 0) is 23.8 Å². The van der Waals surface area contributed by atoms with Gasteiger partial charge in [-0.05, 0) is 76.7 Å². The van der Waals surface area contributed by atoms with Gasteiger partial charge in [-0.25, -0.2) is 4.79 Å². The monoisotopic (exact) mass is 1210 g/mol. The number of aliphatic hydroxyl groups is 17. The number of hydrogen-bond donors (Lipinski definition) is 18. The third-order valence-electron chi connectivity index (χ3n) is 17.0. The number of rotatable bonds is 8. The summed E-state index contributed by atoms with van der Waals surface area (Å²) in [7, 11) is 0. The van der Waals surface area contributed by atoms with Gasteiger partial charge in [-0.3, -0.25) is 4.79 Å². The Hall–Kier alpha value is -3.12. The Morgan fingerprint density at radius 3 is 1.80 bits per heavy atom. The van der Waals surface area contributed by atoms with Crippen molar-refractivity contribution in [1.29, 1.82) is 0 Å². The van der Waals surface area contributed by atoms with E-state index in [9.17, 15) is 102 Å². The van der Waals surface area contributed by atoms with Crippen LogP contribution in [0.15, 0.2) is 59.8 Å². The minimum atomic E-state index is -1.89. The molecule has 27 atom stereocenters. The molecule has 0 bridgehead atoms. The average molecular weight is 1210 g/mol. The first-order valence-corrected chi connectivity index (χ1v) is 29.8. The summed E-state index contributed by atoms with van der Waals surface area (Å²) in [5.74, 6) is -6.43. The quantitative estimate of drug-likeness (QED) is 0.117. The summed E-state index contributed by atoms with van der Waals surface area (Å²) in [4.78, 5) is 24.7. The molecule has 0 aromatic heterocycles. The minimum Gasteiger partial charge on any atom is -0.481 e. The molecule has 0 aliphatic carbocycles. The Labute approximate surface area is 495 Å². The fourth-order valence-corrected chi connectivity index (χ4v) is 10.5. The largest absolute Gasteiger partial charge is 0.481 e. The number of aliphatic hydroxyl groups excluding tert-OH is 17. The molecule has 2 aliphatic heterocycles. The highest BCUT2D eigenvalue weighted by molar-refractivity contribution is 5.87. The van der Waals surface area contributed by atoms with Crippen molar-refractivity contribution in [3.63, 3.8) is 0 Å². The second-order valence-electron chi connectivity index (χ2n) is 24.2. The molecule has 0 aromatic carbocycles. The van der Waals surface area contributed by atoms with E-state index in [-0.39, 0.29) is 55.6 Å². The summed E-state index contributed by atoms with van der Waals surface area (Å²) in [5.41, 5.74) is 0.449. The summed E-state index contributed by atoms with van der Waals surface area (Å²) in [6, 6.07) is 0. The lowest BCUT2D eigenvalue weighted by Gasteiger charge is -2.41. The van der Waals surface area contributed by atoms with Gasteiger partial charge in [-0.2, -0.15) is 0 Å². The number of hydrogen-bond acceptors (Lipinski definition) is 22. The maximum atomic E-state index is 13.4. The topological polar surface area (TPSA) is 426 Å². The Morgan fingerprint density at radius 1 is 0.643 bits per heavy atom. The fourth-order valence-electron chi connectivity index (χ4n) is 10.5. The average Bonchev–Trinajstić information content (AvgIpc) is 3.46. The lowest BCUT2D eigenvalue weighted by Crippen LogP contribution is -2.60. The van der Waals surface area contributed by atoms with Crippen LogP contribution in [0.25, 0.3) is 0 Å². The number of carboxylic acid groups (broad SMARTS) is 1. The van der Waals surface area contributed by atoms with E-state index in [2.05, 4.69) is 0 Å². The van der Waals surface area contributed by atoms with Gasteiger partial charge >= 0.3 is 11.9 Å². The molecule has 488 valence electrons. The summed E-state index contributed by atoms with van der Waals surface area (Å²) < 4.78 is 17.3. The second-order valence-corrected chi connectivity index (χ2v) is 24.2. The van der Waals surface area contributed by atoms with E-state index in [4.69, 9.17) is 14.2 Å². The summed E-state index contributed by atoms with van der Waals surface area (Å²) >= 11 is 0. The van der Waals surface area contributed by atoms with Gasteiger partial charge in [-0.15, -0.1) is 0 Å². The first-order valence-electron chi connectivity index (χ1n) is 29.8. The highest BCUT2D eigenvalue weighted by Gasteiger charge is 2.46. The van der Waals surface area contributed by atoms with Crippen LogP contribution in [0.2, 0.25) is 0 Å². The van der Waals surface area contributed by atoms with Crippen molar-refractivity contribution < 1.29 is 116 Å². The number of aliphatic carboxylic acids is 1. The van der Waals surface area contributed by atoms with Gasteiger partial charge in [0.05, 0.1) is 86.0 Å². The Balaban J connectivity index is 2.45. The van der Waals surface area contributed by atoms with Gasteiger partial charge in [0.25, 0.3) is 0 Å². The van der Waals surface area contributed by atoms with Gasteiger partial charge in [0, 0.05) is 66.8 Å². The summed E-state index contributed by atoms with van der Waals surface area (Å²) in [6.45, 7) is 13.8. The van der Waals surface area contributed by atoms with Crippen molar-refractivity contribution >= 4 is 11.9 Å². The zero-order chi connectivity index (χ0) is 63.9. The molecule has 84 heavy (non-hydrogen) atoms. The molecule has 0 radical (unpaired) electrons. The van der Waals surface area contributed by atoms with Crippen LogP contribution in [0.3, 0.4) is 0 Å². The molecule has 2 aliphatic rings. The van der Waals surface area contributed by atoms with Crippen LogP contribution in [0.4, 0.5) is 0 Å². The molecule has 0 aromatic rings. The number of carbonyl (C=O) groups excluding carboxylic acids is 1. The van der Waals surface area contributed by atoms with E-state index in [0.717, 1.165) is 0 Å². The minimum absolute atomic E-state index is 0.0247. The molecular weight excluding hydrogens is 1100 g/mol. The molecule has 23 heteroatoms. The normalized spacial score (nSPS) is 43.7. The zero-order valence-electron chi connectivity index (χ0n) is 50.5. The number of carbonyl (C=O) groups is 2. The maximum Gasteiger partial charge on any atom is 0.333 e. The highest BCUT2D eigenvalue weighted by Crippen LogP contribution is 2.30. The van der Waals surface area contributed by atoms with Crippen molar-refractivity contribution in [3.05, 3.63) is 59.8 Å². The van der Waals surface area contributed by atoms with E-state index < -0.39 is 189 Å². The lowest BCUT2D eigenvalue weighted by molar-refractivity contribution is -0.313. The Morgan fingerprint density at radius 2 is 1.21 bits per heavy atom. The molecule has 23 nitrogen and oxygen atoms in total. The van der Waals surface area contributed by atoms with Gasteiger partial charge in [0.15, 0.2) is 6.29 Å². The molecule has 2 rings (SSSR count). The number of carboxylic acids is 1. The van der Waals surface area contributed by atoms with Crippen LogP contribution >= 0.6 is 0 Å². The third kappa shape index (κ3) is 25.9. The molecule has 22 unspecified atom stereocenters. The van der Waals surface area contributed by atoms with Crippen molar-refractivity contribution in [3.8, 4) is 0 Å². The fraction of sp³-hybridized carbons (Fsp3) is 0.803. The molecule has 1 fully saturated rings. The first-order chi connectivity index (χ1) is 39.2. The molecular formula is C61H106O23. The number of ether oxygens (including phenoxy) is 3. The summed E-state index contributed by atoms with van der Waals surface area (Å²) in [5, 5.41) is 195. The lowest BCUT2D eigenvalue weighted by atomic mass is 9.82. The maximum absolute atomic E-state index is 13.4. The SMILES string of the molecule is C/C1=C\CCC(C)C(O)C(C)C(O)CC/C=C/C(C)C(O)/C=C/C(C)C(O)/C(C)=C/C(O[C@H]2O[C@H](CO)[C@@H](O)[C@H](O)[C@@H]2O)C(O)CC(O)CC(O)CC(O)C(C)C(O)C(C)C(O)CC(O)CC(O)/C=C\CC(C(C)C(O)CCC(=O)O)OC1=O. The van der Waals surface area contributed by atoms with E-state index in [1.165, 1.54) is 45.1 Å². The molecule has 0 spiro atoms. The van der Waals surface area contributed by atoms with E-state index in [1.54, 1.807) is 58.9 Å². The van der Waals surface area contributed by atoms with Crippen molar-refractivity contribution in [2.24, 2.45) is 41.4 Å². The summed E-state index contributed by atoms with van der Waals surface area (Å²) in [6.07, 6.45) is -16.1. The van der Waals surface area contributed by atoms with Crippen molar-refractivity contribution in [1.82, 2.24) is 0 Å². The predicted octanol–water partition coefficient (Wildman–Crippen LogP) is 0.568. The second kappa shape index (κ2) is 38.3. The standard InChI is InChI=1S/C61H106O23/c1-31-14-10-11-18-45(68)37(7)55(76)32(2)15-12-16-34(4)60(81)82-50(36(6)46(69)22-23-53(73)74)19-13-17-40(63)25-41(64)27-47(70)38(8)56(77)39(9)48(71)28-42(65)26-43(66)29-49(72)51(24-35(5)54(75)33(3)20-21-44(31)67)83-61-59(80)58(79)57(78)52(30-62)84-61/h10,13-14,16-17,20-21,24,31-33,36-52,54-59,61-72,75-80H,11-12,15,18-19,22-23,25-30H2,1-9H3,(H,73,74)/b14-10+,17-13-,21-20+,34-16+,35-24+/t31?,32?,33?,36?,37?,38?,39?,40?,41?,42?,43?,44?,45?,46?,47?,48?,49?,50?,51?,52-,54?,55?,56?,57-,58+,59+,61+/m1/s1. The van der Waals surface area contributed by atoms with E-state index in [0.29, 0.717) is 25.7 Å². The van der Waals surface area contributed by atoms with E-state index >= 15 is 0 Å². The van der Waals surface area contributed by atoms with E-state index in [1.807, 2.05) is 6.92 Å².